The quantitative estimate of drug-likeness (QED) is 0.100. The van der Waals surface area contributed by atoms with Crippen molar-refractivity contribution in [1.29, 1.82) is 0 Å². The summed E-state index contributed by atoms with van der Waals surface area (Å²) in [5.41, 5.74) is 0. The molecular formula is C36H66O2. The smallest absolute Gasteiger partial charge is 0.119 e. The largest absolute Gasteiger partial charge is 0.490 e. The first-order chi connectivity index (χ1) is 18.7. The molecule has 1 aromatic rings. The number of ether oxygens (including phenoxy) is 2. The SMILES string of the molecule is CCCCCCCCCCC(CCCC)Oc1ccc(OC(CCCC)CCCCCCCCCC)cc1. The number of rotatable bonds is 28. The van der Waals surface area contributed by atoms with Crippen molar-refractivity contribution in [2.75, 3.05) is 0 Å². The molecule has 0 aromatic heterocycles. The molecule has 0 aliphatic rings. The van der Waals surface area contributed by atoms with Crippen molar-refractivity contribution >= 4 is 0 Å². The first kappa shape index (κ1) is 34.8. The van der Waals surface area contributed by atoms with Gasteiger partial charge in [-0.1, -0.05) is 143 Å². The maximum atomic E-state index is 6.47. The van der Waals surface area contributed by atoms with Crippen LogP contribution in [0.2, 0.25) is 0 Å². The van der Waals surface area contributed by atoms with Gasteiger partial charge in [-0.3, -0.25) is 0 Å². The van der Waals surface area contributed by atoms with Gasteiger partial charge in [0.15, 0.2) is 0 Å². The molecule has 0 bridgehead atoms. The number of hydrogen-bond acceptors (Lipinski definition) is 2. The highest BCUT2D eigenvalue weighted by molar-refractivity contribution is 5.31. The highest BCUT2D eigenvalue weighted by Crippen LogP contribution is 2.25. The van der Waals surface area contributed by atoms with Gasteiger partial charge in [0.1, 0.15) is 11.5 Å². The van der Waals surface area contributed by atoms with Gasteiger partial charge in [-0.2, -0.15) is 0 Å². The molecule has 2 atom stereocenters. The third-order valence-corrected chi connectivity index (χ3v) is 7.95. The lowest BCUT2D eigenvalue weighted by molar-refractivity contribution is 0.168. The lowest BCUT2D eigenvalue weighted by Gasteiger charge is -2.21. The summed E-state index contributed by atoms with van der Waals surface area (Å²) < 4.78 is 12.9. The van der Waals surface area contributed by atoms with Crippen LogP contribution in [-0.2, 0) is 0 Å². The molecule has 0 heterocycles. The number of benzene rings is 1. The topological polar surface area (TPSA) is 18.5 Å². The van der Waals surface area contributed by atoms with Crippen LogP contribution < -0.4 is 9.47 Å². The molecular weight excluding hydrogens is 464 g/mol. The second-order valence-electron chi connectivity index (χ2n) is 11.8. The number of unbranched alkanes of at least 4 members (excludes halogenated alkanes) is 16. The van der Waals surface area contributed by atoms with E-state index in [9.17, 15) is 0 Å². The van der Waals surface area contributed by atoms with Crippen molar-refractivity contribution in [2.45, 2.75) is 194 Å². The van der Waals surface area contributed by atoms with Crippen molar-refractivity contribution in [3.05, 3.63) is 24.3 Å². The van der Waals surface area contributed by atoms with Gasteiger partial charge in [0.05, 0.1) is 12.2 Å². The van der Waals surface area contributed by atoms with E-state index in [0.29, 0.717) is 12.2 Å². The minimum atomic E-state index is 0.348. The Hall–Kier alpha value is -1.18. The molecule has 0 amide bonds. The van der Waals surface area contributed by atoms with E-state index in [2.05, 4.69) is 52.0 Å². The highest BCUT2D eigenvalue weighted by atomic mass is 16.5. The summed E-state index contributed by atoms with van der Waals surface area (Å²) in [5, 5.41) is 0. The Morgan fingerprint density at radius 2 is 0.632 bits per heavy atom. The van der Waals surface area contributed by atoms with Gasteiger partial charge >= 0.3 is 0 Å². The maximum Gasteiger partial charge on any atom is 0.119 e. The first-order valence-electron chi connectivity index (χ1n) is 17.2. The van der Waals surface area contributed by atoms with Crippen LogP contribution in [-0.4, -0.2) is 12.2 Å². The van der Waals surface area contributed by atoms with Crippen molar-refractivity contribution < 1.29 is 9.47 Å². The fourth-order valence-corrected chi connectivity index (χ4v) is 5.38. The molecule has 0 saturated carbocycles. The van der Waals surface area contributed by atoms with Crippen LogP contribution >= 0.6 is 0 Å². The van der Waals surface area contributed by atoms with Gasteiger partial charge in [-0.25, -0.2) is 0 Å². The van der Waals surface area contributed by atoms with E-state index < -0.39 is 0 Å². The van der Waals surface area contributed by atoms with Crippen LogP contribution in [0.5, 0.6) is 11.5 Å². The van der Waals surface area contributed by atoms with Gasteiger partial charge < -0.3 is 9.47 Å². The van der Waals surface area contributed by atoms with Gasteiger partial charge in [-0.05, 0) is 62.8 Å². The van der Waals surface area contributed by atoms with Crippen LogP contribution in [0.3, 0.4) is 0 Å². The molecule has 0 fully saturated rings. The zero-order valence-corrected chi connectivity index (χ0v) is 26.3. The standard InChI is InChI=1S/C36H66O2/c1-5-9-13-15-17-19-21-23-27-33(25-11-7-3)37-35-29-31-36(32-30-35)38-34(26-12-8-4)28-24-22-20-18-16-14-10-6-2/h29-34H,5-28H2,1-4H3. The van der Waals surface area contributed by atoms with E-state index in [-0.39, 0.29) is 0 Å². The van der Waals surface area contributed by atoms with Crippen LogP contribution in [0.4, 0.5) is 0 Å². The molecule has 1 aromatic carbocycles. The summed E-state index contributed by atoms with van der Waals surface area (Å²) in [6.07, 6.45) is 32.4. The van der Waals surface area contributed by atoms with Gasteiger partial charge in [-0.15, -0.1) is 0 Å². The van der Waals surface area contributed by atoms with E-state index in [1.807, 2.05) is 0 Å². The monoisotopic (exact) mass is 531 g/mol. The summed E-state index contributed by atoms with van der Waals surface area (Å²) in [6.45, 7) is 9.14. The predicted octanol–water partition coefficient (Wildman–Crippen LogP) is 12.6. The third-order valence-electron chi connectivity index (χ3n) is 7.95. The summed E-state index contributed by atoms with van der Waals surface area (Å²) in [4.78, 5) is 0. The molecule has 2 heteroatoms. The maximum absolute atomic E-state index is 6.47. The van der Waals surface area contributed by atoms with Crippen molar-refractivity contribution in [3.8, 4) is 11.5 Å². The molecule has 0 saturated heterocycles. The molecule has 222 valence electrons. The minimum absolute atomic E-state index is 0.348. The third kappa shape index (κ3) is 19.8. The second kappa shape index (κ2) is 26.1. The summed E-state index contributed by atoms with van der Waals surface area (Å²) in [6, 6.07) is 8.54. The van der Waals surface area contributed by atoms with Crippen molar-refractivity contribution in [3.63, 3.8) is 0 Å². The molecule has 0 aliphatic heterocycles. The van der Waals surface area contributed by atoms with Crippen molar-refractivity contribution in [2.24, 2.45) is 0 Å². The van der Waals surface area contributed by atoms with E-state index in [4.69, 9.17) is 9.47 Å². The van der Waals surface area contributed by atoms with Crippen LogP contribution in [0.1, 0.15) is 182 Å². The molecule has 0 aliphatic carbocycles. The van der Waals surface area contributed by atoms with Crippen LogP contribution in [0.25, 0.3) is 0 Å². The molecule has 2 nitrogen and oxygen atoms in total. The van der Waals surface area contributed by atoms with Crippen LogP contribution in [0.15, 0.2) is 24.3 Å². The molecule has 0 radical (unpaired) electrons. The fourth-order valence-electron chi connectivity index (χ4n) is 5.38. The Balaban J connectivity index is 2.42. The Bertz CT molecular complexity index is 543. The van der Waals surface area contributed by atoms with Gasteiger partial charge in [0.25, 0.3) is 0 Å². The minimum Gasteiger partial charge on any atom is -0.490 e. The first-order valence-corrected chi connectivity index (χ1v) is 17.2. The average Bonchev–Trinajstić information content (AvgIpc) is 2.93. The highest BCUT2D eigenvalue weighted by Gasteiger charge is 2.13. The Morgan fingerprint density at radius 3 is 0.947 bits per heavy atom. The Kier molecular flexibility index (Phi) is 23.9. The second-order valence-corrected chi connectivity index (χ2v) is 11.8. The van der Waals surface area contributed by atoms with Gasteiger partial charge in [0, 0.05) is 0 Å². The van der Waals surface area contributed by atoms with E-state index >= 15 is 0 Å². The lowest BCUT2D eigenvalue weighted by atomic mass is 10.0. The molecule has 0 spiro atoms. The zero-order valence-electron chi connectivity index (χ0n) is 26.3. The fraction of sp³-hybridized carbons (Fsp3) is 0.833. The summed E-state index contributed by atoms with van der Waals surface area (Å²) >= 11 is 0. The summed E-state index contributed by atoms with van der Waals surface area (Å²) in [5.74, 6) is 2.01. The number of hydrogen-bond donors (Lipinski definition) is 0. The van der Waals surface area contributed by atoms with Gasteiger partial charge in [0.2, 0.25) is 0 Å². The molecule has 38 heavy (non-hydrogen) atoms. The van der Waals surface area contributed by atoms with Crippen LogP contribution in [0, 0.1) is 0 Å². The predicted molar refractivity (Wildman–Crippen MR) is 169 cm³/mol. The molecule has 1 rings (SSSR count). The van der Waals surface area contributed by atoms with E-state index in [0.717, 1.165) is 11.5 Å². The normalized spacial score (nSPS) is 12.9. The molecule has 0 N–H and O–H groups in total. The van der Waals surface area contributed by atoms with E-state index in [1.165, 1.54) is 154 Å². The Morgan fingerprint density at radius 1 is 0.368 bits per heavy atom. The van der Waals surface area contributed by atoms with E-state index in [1.54, 1.807) is 0 Å². The Labute approximate surface area is 239 Å². The lowest BCUT2D eigenvalue weighted by Crippen LogP contribution is -2.17. The average molecular weight is 531 g/mol. The zero-order chi connectivity index (χ0) is 27.5. The van der Waals surface area contributed by atoms with Crippen molar-refractivity contribution in [1.82, 2.24) is 0 Å². The molecule has 2 unspecified atom stereocenters. The summed E-state index contributed by atoms with van der Waals surface area (Å²) in [7, 11) is 0.